The maximum absolute atomic E-state index is 10.1. The van der Waals surface area contributed by atoms with E-state index < -0.39 is 0 Å². The van der Waals surface area contributed by atoms with Gasteiger partial charge in [0.25, 0.3) is 0 Å². The van der Waals surface area contributed by atoms with Crippen molar-refractivity contribution in [2.75, 3.05) is 0 Å². The van der Waals surface area contributed by atoms with Gasteiger partial charge in [-0.1, -0.05) is 79.6 Å². The highest BCUT2D eigenvalue weighted by Gasteiger charge is 2.17. The summed E-state index contributed by atoms with van der Waals surface area (Å²) in [5, 5.41) is 10.1. The third kappa shape index (κ3) is 14.2. The first-order valence-electron chi connectivity index (χ1n) is 8.53. The van der Waals surface area contributed by atoms with Crippen LogP contribution >= 0.6 is 0 Å². The Kier molecular flexibility index (Phi) is 10.7. The highest BCUT2D eigenvalue weighted by atomic mass is 16.3. The summed E-state index contributed by atoms with van der Waals surface area (Å²) in [7, 11) is 0. The van der Waals surface area contributed by atoms with E-state index in [1.807, 2.05) is 0 Å². The third-order valence-electron chi connectivity index (χ3n) is 3.78. The average Bonchev–Trinajstić information content (AvgIpc) is 2.25. The van der Waals surface area contributed by atoms with Gasteiger partial charge in [0.15, 0.2) is 0 Å². The fourth-order valence-corrected chi connectivity index (χ4v) is 3.05. The molecule has 0 spiro atoms. The minimum absolute atomic E-state index is 0.0759. The number of unbranched alkanes of at least 4 members (excludes halogenated alkanes) is 6. The van der Waals surface area contributed by atoms with E-state index in [0.29, 0.717) is 11.3 Å². The Morgan fingerprint density at radius 3 is 1.95 bits per heavy atom. The van der Waals surface area contributed by atoms with Crippen LogP contribution in [0.4, 0.5) is 0 Å². The van der Waals surface area contributed by atoms with Gasteiger partial charge >= 0.3 is 0 Å². The average molecular weight is 271 g/mol. The molecule has 0 radical (unpaired) electrons. The lowest BCUT2D eigenvalue weighted by Crippen LogP contribution is -2.17. The van der Waals surface area contributed by atoms with Crippen molar-refractivity contribution in [1.82, 2.24) is 0 Å². The van der Waals surface area contributed by atoms with Crippen LogP contribution in [0.3, 0.4) is 0 Å². The molecular weight excluding hydrogens is 232 g/mol. The van der Waals surface area contributed by atoms with E-state index >= 15 is 0 Å². The molecule has 0 aromatic rings. The molecule has 0 aromatic heterocycles. The lowest BCUT2D eigenvalue weighted by Gasteiger charge is -2.24. The zero-order valence-electron chi connectivity index (χ0n) is 14.2. The maximum Gasteiger partial charge on any atom is 0.0542 e. The van der Waals surface area contributed by atoms with E-state index in [4.69, 9.17) is 0 Å². The van der Waals surface area contributed by atoms with Crippen LogP contribution in [0.15, 0.2) is 0 Å². The quantitative estimate of drug-likeness (QED) is 0.460. The molecule has 0 aliphatic carbocycles. The summed E-state index contributed by atoms with van der Waals surface area (Å²) in [6.07, 6.45) is 12.4. The molecule has 0 amide bonds. The lowest BCUT2D eigenvalue weighted by molar-refractivity contribution is 0.121. The lowest BCUT2D eigenvalue weighted by atomic mass is 9.83. The van der Waals surface area contributed by atoms with Crippen molar-refractivity contribution in [3.05, 3.63) is 0 Å². The van der Waals surface area contributed by atoms with Crippen molar-refractivity contribution < 1.29 is 5.11 Å². The van der Waals surface area contributed by atoms with E-state index in [1.54, 1.807) is 0 Å². The fraction of sp³-hybridized carbons (Fsp3) is 1.00. The Bertz CT molecular complexity index is 192. The Balaban J connectivity index is 3.46. The minimum Gasteiger partial charge on any atom is -0.393 e. The molecule has 0 saturated carbocycles. The van der Waals surface area contributed by atoms with Crippen molar-refractivity contribution in [2.24, 2.45) is 11.3 Å². The second-order valence-electron chi connectivity index (χ2n) is 7.67. The van der Waals surface area contributed by atoms with Gasteiger partial charge < -0.3 is 5.11 Å². The molecule has 0 bridgehead atoms. The monoisotopic (exact) mass is 270 g/mol. The molecule has 0 rings (SSSR count). The molecule has 1 heteroatoms. The molecule has 0 fully saturated rings. The molecule has 0 aliphatic rings. The van der Waals surface area contributed by atoms with Gasteiger partial charge in [-0.05, 0) is 30.6 Å². The highest BCUT2D eigenvalue weighted by Crippen LogP contribution is 2.27. The van der Waals surface area contributed by atoms with Crippen LogP contribution in [0.2, 0.25) is 0 Å². The van der Waals surface area contributed by atoms with Crippen LogP contribution in [-0.4, -0.2) is 11.2 Å². The fourth-order valence-electron chi connectivity index (χ4n) is 3.05. The van der Waals surface area contributed by atoms with E-state index in [1.165, 1.54) is 51.4 Å². The van der Waals surface area contributed by atoms with Gasteiger partial charge in [0.1, 0.15) is 0 Å². The molecule has 2 unspecified atom stereocenters. The topological polar surface area (TPSA) is 20.2 Å². The third-order valence-corrected chi connectivity index (χ3v) is 3.78. The number of aliphatic hydroxyl groups excluding tert-OH is 1. The molecule has 0 saturated heterocycles. The first-order chi connectivity index (χ1) is 8.85. The first kappa shape index (κ1) is 19.0. The zero-order valence-corrected chi connectivity index (χ0v) is 14.2. The molecule has 1 N–H and O–H groups in total. The summed E-state index contributed by atoms with van der Waals surface area (Å²) in [5.74, 6) is 0.638. The van der Waals surface area contributed by atoms with Crippen LogP contribution < -0.4 is 0 Å². The van der Waals surface area contributed by atoms with Gasteiger partial charge in [-0.3, -0.25) is 0 Å². The van der Waals surface area contributed by atoms with Crippen molar-refractivity contribution in [3.63, 3.8) is 0 Å². The zero-order chi connectivity index (χ0) is 14.7. The van der Waals surface area contributed by atoms with Crippen LogP contribution in [0.1, 0.15) is 98.8 Å². The van der Waals surface area contributed by atoms with Gasteiger partial charge in [0.2, 0.25) is 0 Å². The van der Waals surface area contributed by atoms with Crippen molar-refractivity contribution in [3.8, 4) is 0 Å². The highest BCUT2D eigenvalue weighted by molar-refractivity contribution is 4.69. The Morgan fingerprint density at radius 2 is 1.42 bits per heavy atom. The summed E-state index contributed by atoms with van der Waals surface area (Å²) in [5.41, 5.74) is 0.387. The first-order valence-corrected chi connectivity index (χ1v) is 8.53. The van der Waals surface area contributed by atoms with Crippen molar-refractivity contribution in [2.45, 2.75) is 105 Å². The summed E-state index contributed by atoms with van der Waals surface area (Å²) in [6, 6.07) is 0. The Hall–Kier alpha value is -0.0400. The molecule has 2 atom stereocenters. The molecule has 0 aromatic carbocycles. The summed E-state index contributed by atoms with van der Waals surface area (Å²) in [4.78, 5) is 0. The van der Waals surface area contributed by atoms with Crippen LogP contribution in [0.25, 0.3) is 0 Å². The SMILES string of the molecule is CCCCCCCCCC(O)CC(C)CC(C)(C)C. The number of hydrogen-bond acceptors (Lipinski definition) is 1. The standard InChI is InChI=1S/C18H38O/c1-6-7-8-9-10-11-12-13-17(19)14-16(2)15-18(3,4)5/h16-17,19H,6-15H2,1-5H3. The van der Waals surface area contributed by atoms with Crippen molar-refractivity contribution >= 4 is 0 Å². The molecule has 1 nitrogen and oxygen atoms in total. The van der Waals surface area contributed by atoms with Gasteiger partial charge in [0.05, 0.1) is 6.10 Å². The Labute approximate surface area is 122 Å². The van der Waals surface area contributed by atoms with Gasteiger partial charge in [-0.2, -0.15) is 0 Å². The summed E-state index contributed by atoms with van der Waals surface area (Å²) >= 11 is 0. The molecule has 0 aliphatic heterocycles. The van der Waals surface area contributed by atoms with E-state index in [2.05, 4.69) is 34.6 Å². The van der Waals surface area contributed by atoms with Crippen LogP contribution in [-0.2, 0) is 0 Å². The van der Waals surface area contributed by atoms with E-state index in [9.17, 15) is 5.11 Å². The van der Waals surface area contributed by atoms with E-state index in [-0.39, 0.29) is 6.10 Å². The smallest absolute Gasteiger partial charge is 0.0542 e. The van der Waals surface area contributed by atoms with Crippen LogP contribution in [0.5, 0.6) is 0 Å². The number of hydrogen-bond donors (Lipinski definition) is 1. The van der Waals surface area contributed by atoms with Gasteiger partial charge in [-0.15, -0.1) is 0 Å². The predicted molar refractivity (Wildman–Crippen MR) is 86.5 cm³/mol. The van der Waals surface area contributed by atoms with Gasteiger partial charge in [0, 0.05) is 0 Å². The number of rotatable bonds is 11. The van der Waals surface area contributed by atoms with Crippen molar-refractivity contribution in [1.29, 1.82) is 0 Å². The molecule has 116 valence electrons. The Morgan fingerprint density at radius 1 is 0.895 bits per heavy atom. The van der Waals surface area contributed by atoms with E-state index in [0.717, 1.165) is 12.8 Å². The summed E-state index contributed by atoms with van der Waals surface area (Å²) in [6.45, 7) is 11.4. The maximum atomic E-state index is 10.1. The normalized spacial score (nSPS) is 15.5. The molecular formula is C18H38O. The predicted octanol–water partition coefficient (Wildman–Crippen LogP) is 5.95. The van der Waals surface area contributed by atoms with Gasteiger partial charge in [-0.25, -0.2) is 0 Å². The minimum atomic E-state index is -0.0759. The van der Waals surface area contributed by atoms with Crippen LogP contribution in [0, 0.1) is 11.3 Å². The molecule has 19 heavy (non-hydrogen) atoms. The largest absolute Gasteiger partial charge is 0.393 e. The second-order valence-corrected chi connectivity index (χ2v) is 7.67. The number of aliphatic hydroxyl groups is 1. The summed E-state index contributed by atoms with van der Waals surface area (Å²) < 4.78 is 0. The molecule has 0 heterocycles. The second kappa shape index (κ2) is 10.7.